The molecule has 0 aliphatic carbocycles. The molecule has 0 spiro atoms. The van der Waals surface area contributed by atoms with Gasteiger partial charge >= 0.3 is 0 Å². The zero-order valence-electron chi connectivity index (χ0n) is 19.0. The van der Waals surface area contributed by atoms with Crippen LogP contribution in [0.3, 0.4) is 0 Å². The summed E-state index contributed by atoms with van der Waals surface area (Å²) in [6, 6.07) is 28.7. The Morgan fingerprint density at radius 2 is 1.52 bits per heavy atom. The average Bonchev–Trinajstić information content (AvgIpc) is 3.18. The van der Waals surface area contributed by atoms with Gasteiger partial charge in [-0.1, -0.05) is 78.0 Å². The van der Waals surface area contributed by atoms with E-state index >= 15 is 0 Å². The maximum atomic E-state index is 13.1. The molecule has 168 valence electrons. The van der Waals surface area contributed by atoms with Crippen molar-refractivity contribution < 1.29 is 9.32 Å². The Bertz CT molecular complexity index is 1130. The molecule has 1 heterocycles. The van der Waals surface area contributed by atoms with Crippen LogP contribution >= 0.6 is 11.8 Å². The highest BCUT2D eigenvalue weighted by atomic mass is 32.2. The van der Waals surface area contributed by atoms with Gasteiger partial charge in [0, 0.05) is 28.7 Å². The molecule has 0 atom stereocenters. The van der Waals surface area contributed by atoms with Crippen molar-refractivity contribution in [3.05, 3.63) is 119 Å². The van der Waals surface area contributed by atoms with Crippen LogP contribution in [0.1, 0.15) is 50.8 Å². The van der Waals surface area contributed by atoms with Gasteiger partial charge in [0.1, 0.15) is 5.76 Å². The first-order valence-electron chi connectivity index (χ1n) is 11.1. The van der Waals surface area contributed by atoms with Gasteiger partial charge in [0.25, 0.3) is 5.91 Å². The van der Waals surface area contributed by atoms with Crippen molar-refractivity contribution in [3.63, 3.8) is 0 Å². The summed E-state index contributed by atoms with van der Waals surface area (Å²) < 4.78 is 5.27. The molecule has 4 rings (SSSR count). The van der Waals surface area contributed by atoms with Crippen LogP contribution in [0.15, 0.2) is 94.3 Å². The fourth-order valence-electron chi connectivity index (χ4n) is 3.96. The number of aromatic nitrogens is 1. The normalized spacial score (nSPS) is 11.0. The Hall–Kier alpha value is -3.31. The number of hydrogen-bond acceptors (Lipinski definition) is 4. The van der Waals surface area contributed by atoms with Crippen molar-refractivity contribution in [2.45, 2.75) is 36.8 Å². The Morgan fingerprint density at radius 3 is 2.12 bits per heavy atom. The first kappa shape index (κ1) is 22.9. The number of rotatable bonds is 9. The van der Waals surface area contributed by atoms with Crippen LogP contribution in [-0.4, -0.2) is 17.6 Å². The molecule has 0 aliphatic rings. The molecule has 33 heavy (non-hydrogen) atoms. The molecule has 0 aliphatic heterocycles. The van der Waals surface area contributed by atoms with Crippen molar-refractivity contribution >= 4 is 17.7 Å². The second-order valence-corrected chi connectivity index (χ2v) is 9.02. The van der Waals surface area contributed by atoms with Crippen molar-refractivity contribution in [2.24, 2.45) is 0 Å². The fraction of sp³-hybridized carbons (Fsp3) is 0.214. The molecule has 4 nitrogen and oxygen atoms in total. The first-order valence-corrected chi connectivity index (χ1v) is 12.1. The van der Waals surface area contributed by atoms with Crippen LogP contribution in [0.5, 0.6) is 0 Å². The monoisotopic (exact) mass is 456 g/mol. The molecule has 3 aromatic carbocycles. The molecule has 0 fully saturated rings. The Labute approximate surface area is 199 Å². The van der Waals surface area contributed by atoms with E-state index in [1.165, 1.54) is 11.1 Å². The lowest BCUT2D eigenvalue weighted by Crippen LogP contribution is -2.26. The predicted molar refractivity (Wildman–Crippen MR) is 134 cm³/mol. The van der Waals surface area contributed by atoms with Crippen molar-refractivity contribution in [2.75, 3.05) is 6.54 Å². The maximum absolute atomic E-state index is 13.1. The molecular formula is C28H28N2O2S. The number of aryl methyl sites for hydroxylation is 2. The third-order valence-electron chi connectivity index (χ3n) is 5.81. The predicted octanol–water partition coefficient (Wildman–Crippen LogP) is 6.54. The SMILES string of the molecule is Cc1noc(C)c1CSc1ccccc1C(=O)NCCC(c1ccccc1)c1ccccc1. The third-order valence-corrected chi connectivity index (χ3v) is 6.91. The van der Waals surface area contributed by atoms with Gasteiger partial charge in [0.15, 0.2) is 0 Å². The largest absolute Gasteiger partial charge is 0.361 e. The molecule has 0 unspecified atom stereocenters. The van der Waals surface area contributed by atoms with Crippen LogP contribution in [-0.2, 0) is 5.75 Å². The van der Waals surface area contributed by atoms with E-state index in [4.69, 9.17) is 4.52 Å². The molecule has 1 N–H and O–H groups in total. The summed E-state index contributed by atoms with van der Waals surface area (Å²) in [5.41, 5.74) is 5.20. The third kappa shape index (κ3) is 5.74. The summed E-state index contributed by atoms with van der Waals surface area (Å²) in [6.45, 7) is 4.46. The van der Waals surface area contributed by atoms with E-state index in [0.717, 1.165) is 34.1 Å². The standard InChI is InChI=1S/C28H28N2O2S/c1-20-26(21(2)32-30-20)19-33-27-16-10-9-15-25(27)28(31)29-18-17-24(22-11-5-3-6-12-22)23-13-7-4-8-14-23/h3-16,24H,17-19H2,1-2H3,(H,29,31). The van der Waals surface area contributed by atoms with E-state index in [1.807, 2.05) is 50.2 Å². The number of carbonyl (C=O) groups excluding carboxylic acids is 1. The summed E-state index contributed by atoms with van der Waals surface area (Å²) in [4.78, 5) is 14.0. The summed E-state index contributed by atoms with van der Waals surface area (Å²) in [5.74, 6) is 1.73. The van der Waals surface area contributed by atoms with Crippen molar-refractivity contribution in [1.82, 2.24) is 10.5 Å². The minimum Gasteiger partial charge on any atom is -0.361 e. The molecule has 0 bridgehead atoms. The van der Waals surface area contributed by atoms with Gasteiger partial charge in [-0.25, -0.2) is 0 Å². The molecule has 1 amide bonds. The van der Waals surface area contributed by atoms with Gasteiger partial charge in [-0.15, -0.1) is 11.8 Å². The number of nitrogens with one attached hydrogen (secondary N) is 1. The molecule has 0 saturated carbocycles. The van der Waals surface area contributed by atoms with E-state index in [0.29, 0.717) is 12.1 Å². The second-order valence-electron chi connectivity index (χ2n) is 8.01. The van der Waals surface area contributed by atoms with Crippen molar-refractivity contribution in [1.29, 1.82) is 0 Å². The zero-order valence-corrected chi connectivity index (χ0v) is 19.8. The number of amides is 1. The maximum Gasteiger partial charge on any atom is 0.252 e. The Kier molecular flexibility index (Phi) is 7.63. The van der Waals surface area contributed by atoms with Gasteiger partial charge in [0.05, 0.1) is 11.3 Å². The minimum absolute atomic E-state index is 0.0447. The minimum atomic E-state index is -0.0447. The van der Waals surface area contributed by atoms with Crippen LogP contribution in [0.2, 0.25) is 0 Å². The lowest BCUT2D eigenvalue weighted by atomic mass is 9.88. The van der Waals surface area contributed by atoms with Gasteiger partial charge < -0.3 is 9.84 Å². The summed E-state index contributed by atoms with van der Waals surface area (Å²) in [6.07, 6.45) is 0.828. The van der Waals surface area contributed by atoms with E-state index < -0.39 is 0 Å². The van der Waals surface area contributed by atoms with Crippen LogP contribution in [0, 0.1) is 13.8 Å². The first-order chi connectivity index (χ1) is 16.1. The number of benzene rings is 3. The van der Waals surface area contributed by atoms with Gasteiger partial charge in [-0.05, 0) is 43.5 Å². The number of nitrogens with zero attached hydrogens (tertiary/aromatic N) is 1. The highest BCUT2D eigenvalue weighted by Crippen LogP contribution is 2.30. The number of thioether (sulfide) groups is 1. The smallest absolute Gasteiger partial charge is 0.252 e. The highest BCUT2D eigenvalue weighted by Gasteiger charge is 2.17. The van der Waals surface area contributed by atoms with Crippen LogP contribution in [0.25, 0.3) is 0 Å². The van der Waals surface area contributed by atoms with E-state index in [-0.39, 0.29) is 11.8 Å². The van der Waals surface area contributed by atoms with Crippen molar-refractivity contribution in [3.8, 4) is 0 Å². The Balaban J connectivity index is 1.42. The second kappa shape index (κ2) is 11.0. The van der Waals surface area contributed by atoms with Crippen LogP contribution < -0.4 is 5.32 Å². The number of carbonyl (C=O) groups is 1. The Morgan fingerprint density at radius 1 is 0.909 bits per heavy atom. The lowest BCUT2D eigenvalue weighted by molar-refractivity contribution is 0.0950. The lowest BCUT2D eigenvalue weighted by Gasteiger charge is -2.19. The average molecular weight is 457 g/mol. The summed E-state index contributed by atoms with van der Waals surface area (Å²) in [5, 5.41) is 7.17. The molecule has 5 heteroatoms. The molecule has 4 aromatic rings. The van der Waals surface area contributed by atoms with Crippen LogP contribution in [0.4, 0.5) is 0 Å². The quantitative estimate of drug-likeness (QED) is 0.291. The number of hydrogen-bond donors (Lipinski definition) is 1. The topological polar surface area (TPSA) is 55.1 Å². The van der Waals surface area contributed by atoms with E-state index in [2.05, 4.69) is 59.0 Å². The summed E-state index contributed by atoms with van der Waals surface area (Å²) in [7, 11) is 0. The molecule has 0 saturated heterocycles. The molecular weight excluding hydrogens is 428 g/mol. The zero-order chi connectivity index (χ0) is 23.0. The summed E-state index contributed by atoms with van der Waals surface area (Å²) >= 11 is 1.63. The molecule has 1 aromatic heterocycles. The highest BCUT2D eigenvalue weighted by molar-refractivity contribution is 7.98. The van der Waals surface area contributed by atoms with E-state index in [1.54, 1.807) is 11.8 Å². The van der Waals surface area contributed by atoms with E-state index in [9.17, 15) is 4.79 Å². The van der Waals surface area contributed by atoms with Gasteiger partial charge in [0.2, 0.25) is 0 Å². The van der Waals surface area contributed by atoms with Gasteiger partial charge in [-0.3, -0.25) is 4.79 Å². The molecule has 0 radical (unpaired) electrons. The van der Waals surface area contributed by atoms with Gasteiger partial charge in [-0.2, -0.15) is 0 Å². The fourth-order valence-corrected chi connectivity index (χ4v) is 5.16.